The van der Waals surface area contributed by atoms with Crippen molar-refractivity contribution in [3.8, 4) is 0 Å². The Hall–Kier alpha value is -1.84. The van der Waals surface area contributed by atoms with Gasteiger partial charge in [0.15, 0.2) is 0 Å². The number of nitrogens with one attached hydrogen (secondary N) is 1. The van der Waals surface area contributed by atoms with Crippen LogP contribution in [-0.2, 0) is 17.6 Å². The van der Waals surface area contributed by atoms with Crippen molar-refractivity contribution in [3.05, 3.63) is 28.8 Å². The maximum absolute atomic E-state index is 11.2. The molecule has 0 bridgehead atoms. The number of fused-ring (bicyclic) bond motifs is 1. The molecular weight excluding hydrogens is 218 g/mol. The van der Waals surface area contributed by atoms with Gasteiger partial charge in [-0.25, -0.2) is 4.79 Å². The first kappa shape index (κ1) is 11.6. The Labute approximate surface area is 99.6 Å². The van der Waals surface area contributed by atoms with Gasteiger partial charge in [-0.2, -0.15) is 0 Å². The molecule has 0 spiro atoms. The lowest BCUT2D eigenvalue weighted by Crippen LogP contribution is -2.16. The smallest absolute Gasteiger partial charge is 0.337 e. The highest BCUT2D eigenvalue weighted by Crippen LogP contribution is 2.31. The predicted molar refractivity (Wildman–Crippen MR) is 64.3 cm³/mol. The SMILES string of the molecule is CC(=O)Nc1c(C(=O)O)ccc2c1CCCC2. The zero-order valence-electron chi connectivity index (χ0n) is 9.75. The lowest BCUT2D eigenvalue weighted by Gasteiger charge is -2.21. The lowest BCUT2D eigenvalue weighted by atomic mass is 9.88. The maximum Gasteiger partial charge on any atom is 0.337 e. The highest BCUT2D eigenvalue weighted by Gasteiger charge is 2.20. The normalized spacial score (nSPS) is 13.9. The number of aryl methyl sites for hydroxylation is 1. The minimum Gasteiger partial charge on any atom is -0.478 e. The standard InChI is InChI=1S/C13H15NO3/c1-8(15)14-12-10-5-3-2-4-9(10)6-7-11(12)13(16)17/h6-7H,2-5H2,1H3,(H,14,15)(H,16,17). The molecule has 0 radical (unpaired) electrons. The van der Waals surface area contributed by atoms with E-state index in [2.05, 4.69) is 5.32 Å². The molecule has 1 aromatic carbocycles. The number of hydrogen-bond acceptors (Lipinski definition) is 2. The fourth-order valence-electron chi connectivity index (χ4n) is 2.33. The summed E-state index contributed by atoms with van der Waals surface area (Å²) < 4.78 is 0. The second-order valence-corrected chi connectivity index (χ2v) is 4.32. The van der Waals surface area contributed by atoms with Crippen LogP contribution in [0.2, 0.25) is 0 Å². The van der Waals surface area contributed by atoms with Crippen molar-refractivity contribution in [2.45, 2.75) is 32.6 Å². The molecule has 1 amide bonds. The molecule has 0 unspecified atom stereocenters. The molecule has 0 heterocycles. The monoisotopic (exact) mass is 233 g/mol. The van der Waals surface area contributed by atoms with E-state index >= 15 is 0 Å². The second kappa shape index (κ2) is 4.57. The number of aromatic carboxylic acids is 1. The molecule has 90 valence electrons. The van der Waals surface area contributed by atoms with Crippen LogP contribution in [0.4, 0.5) is 5.69 Å². The van der Waals surface area contributed by atoms with E-state index in [1.807, 2.05) is 6.07 Å². The maximum atomic E-state index is 11.2. The molecule has 1 aliphatic carbocycles. The number of amides is 1. The summed E-state index contributed by atoms with van der Waals surface area (Å²) in [6.07, 6.45) is 3.97. The van der Waals surface area contributed by atoms with E-state index in [4.69, 9.17) is 5.11 Å². The van der Waals surface area contributed by atoms with Crippen LogP contribution in [0, 0.1) is 0 Å². The molecule has 4 heteroatoms. The van der Waals surface area contributed by atoms with Crippen molar-refractivity contribution < 1.29 is 14.7 Å². The van der Waals surface area contributed by atoms with Crippen molar-refractivity contribution in [3.63, 3.8) is 0 Å². The first-order valence-electron chi connectivity index (χ1n) is 5.75. The van der Waals surface area contributed by atoms with Gasteiger partial charge in [-0.1, -0.05) is 6.07 Å². The Morgan fingerprint density at radius 2 is 1.94 bits per heavy atom. The van der Waals surface area contributed by atoms with Crippen LogP contribution in [-0.4, -0.2) is 17.0 Å². The van der Waals surface area contributed by atoms with E-state index in [1.54, 1.807) is 6.07 Å². The Bertz CT molecular complexity index is 480. The van der Waals surface area contributed by atoms with Crippen molar-refractivity contribution in [1.29, 1.82) is 0 Å². The fraction of sp³-hybridized carbons (Fsp3) is 0.385. The minimum atomic E-state index is -0.998. The van der Waals surface area contributed by atoms with Gasteiger partial charge in [0.1, 0.15) is 0 Å². The highest BCUT2D eigenvalue weighted by atomic mass is 16.4. The molecule has 0 atom stereocenters. The Balaban J connectivity index is 2.55. The van der Waals surface area contributed by atoms with Crippen LogP contribution in [0.5, 0.6) is 0 Å². The van der Waals surface area contributed by atoms with Crippen LogP contribution in [0.3, 0.4) is 0 Å². The molecular formula is C13H15NO3. The number of carbonyl (C=O) groups excluding carboxylic acids is 1. The molecule has 4 nitrogen and oxygen atoms in total. The zero-order chi connectivity index (χ0) is 12.4. The van der Waals surface area contributed by atoms with Gasteiger partial charge in [0.2, 0.25) is 5.91 Å². The van der Waals surface area contributed by atoms with Gasteiger partial charge in [-0.3, -0.25) is 4.79 Å². The van der Waals surface area contributed by atoms with Gasteiger partial charge in [0, 0.05) is 6.92 Å². The number of hydrogen-bond donors (Lipinski definition) is 2. The number of carboxylic acids is 1. The first-order chi connectivity index (χ1) is 8.09. The minimum absolute atomic E-state index is 0.181. The molecule has 0 aromatic heterocycles. The highest BCUT2D eigenvalue weighted by molar-refractivity contribution is 6.01. The van der Waals surface area contributed by atoms with E-state index in [-0.39, 0.29) is 11.5 Å². The van der Waals surface area contributed by atoms with E-state index < -0.39 is 5.97 Å². The number of carboxylic acid groups (broad SMARTS) is 1. The third kappa shape index (κ3) is 2.30. The van der Waals surface area contributed by atoms with Gasteiger partial charge < -0.3 is 10.4 Å². The van der Waals surface area contributed by atoms with Gasteiger partial charge >= 0.3 is 5.97 Å². The number of rotatable bonds is 2. The molecule has 0 saturated carbocycles. The topological polar surface area (TPSA) is 66.4 Å². The number of benzene rings is 1. The predicted octanol–water partition coefficient (Wildman–Crippen LogP) is 2.22. The summed E-state index contributed by atoms with van der Waals surface area (Å²) in [4.78, 5) is 22.3. The summed E-state index contributed by atoms with van der Waals surface area (Å²) in [7, 11) is 0. The average molecular weight is 233 g/mol. The fourth-order valence-corrected chi connectivity index (χ4v) is 2.33. The largest absolute Gasteiger partial charge is 0.478 e. The number of carbonyl (C=O) groups is 2. The second-order valence-electron chi connectivity index (χ2n) is 4.32. The summed E-state index contributed by atoms with van der Waals surface area (Å²) >= 11 is 0. The molecule has 1 aliphatic rings. The quantitative estimate of drug-likeness (QED) is 0.823. The molecule has 2 rings (SSSR count). The van der Waals surface area contributed by atoms with Crippen molar-refractivity contribution in [1.82, 2.24) is 0 Å². The van der Waals surface area contributed by atoms with Crippen molar-refractivity contribution >= 4 is 17.6 Å². The Morgan fingerprint density at radius 1 is 1.24 bits per heavy atom. The van der Waals surface area contributed by atoms with E-state index in [9.17, 15) is 9.59 Å². The summed E-state index contributed by atoms with van der Waals surface area (Å²) in [6.45, 7) is 1.40. The van der Waals surface area contributed by atoms with Crippen molar-refractivity contribution in [2.24, 2.45) is 0 Å². The van der Waals surface area contributed by atoms with Crippen LogP contribution in [0.1, 0.15) is 41.3 Å². The van der Waals surface area contributed by atoms with E-state index in [1.165, 1.54) is 6.92 Å². The third-order valence-electron chi connectivity index (χ3n) is 3.06. The van der Waals surface area contributed by atoms with Crippen LogP contribution in [0.15, 0.2) is 12.1 Å². The summed E-state index contributed by atoms with van der Waals surface area (Å²) in [5, 5.41) is 11.8. The molecule has 0 fully saturated rings. The zero-order valence-corrected chi connectivity index (χ0v) is 9.75. The first-order valence-corrected chi connectivity index (χ1v) is 5.75. The lowest BCUT2D eigenvalue weighted by molar-refractivity contribution is -0.114. The summed E-state index contributed by atoms with van der Waals surface area (Å²) in [5.74, 6) is -1.23. The molecule has 1 aromatic rings. The van der Waals surface area contributed by atoms with Gasteiger partial charge in [-0.05, 0) is 42.9 Å². The molecule has 0 saturated heterocycles. The third-order valence-corrected chi connectivity index (χ3v) is 3.06. The summed E-state index contributed by atoms with van der Waals surface area (Å²) in [6, 6.07) is 3.45. The molecule has 2 N–H and O–H groups in total. The van der Waals surface area contributed by atoms with Gasteiger partial charge in [0.05, 0.1) is 11.3 Å². The molecule has 0 aliphatic heterocycles. The Morgan fingerprint density at radius 3 is 2.59 bits per heavy atom. The average Bonchev–Trinajstić information content (AvgIpc) is 2.28. The van der Waals surface area contributed by atoms with Crippen molar-refractivity contribution in [2.75, 3.05) is 5.32 Å². The van der Waals surface area contributed by atoms with Gasteiger partial charge in [0.25, 0.3) is 0 Å². The van der Waals surface area contributed by atoms with Crippen LogP contribution >= 0.6 is 0 Å². The number of anilines is 1. The van der Waals surface area contributed by atoms with Crippen LogP contribution < -0.4 is 5.32 Å². The van der Waals surface area contributed by atoms with E-state index in [0.29, 0.717) is 5.69 Å². The van der Waals surface area contributed by atoms with Gasteiger partial charge in [-0.15, -0.1) is 0 Å². The Kier molecular flexibility index (Phi) is 3.13. The van der Waals surface area contributed by atoms with E-state index in [0.717, 1.165) is 36.8 Å². The van der Waals surface area contributed by atoms with Crippen LogP contribution in [0.25, 0.3) is 0 Å². The summed E-state index contributed by atoms with van der Waals surface area (Å²) in [5.41, 5.74) is 2.82. The molecule has 17 heavy (non-hydrogen) atoms.